The number of hydrogen-bond donors (Lipinski definition) is 3. The molecule has 1 fully saturated rings. The third-order valence-corrected chi connectivity index (χ3v) is 3.59. The van der Waals surface area contributed by atoms with Crippen LogP contribution in [0.25, 0.3) is 0 Å². The minimum absolute atomic E-state index is 0.134. The zero-order chi connectivity index (χ0) is 15.5. The van der Waals surface area contributed by atoms with E-state index < -0.39 is 22.1 Å². The monoisotopic (exact) mass is 296 g/mol. The molecule has 0 atom stereocenters. The van der Waals surface area contributed by atoms with Gasteiger partial charge in [-0.3, -0.25) is 10.1 Å². The van der Waals surface area contributed by atoms with Gasteiger partial charge < -0.3 is 20.3 Å². The van der Waals surface area contributed by atoms with Gasteiger partial charge in [0.2, 0.25) is 0 Å². The molecule has 3 N–H and O–H groups in total. The lowest BCUT2D eigenvalue weighted by Gasteiger charge is -2.37. The number of carbonyl (C=O) groups is 1. The van der Waals surface area contributed by atoms with Gasteiger partial charge in [0, 0.05) is 25.0 Å². The van der Waals surface area contributed by atoms with E-state index >= 15 is 0 Å². The van der Waals surface area contributed by atoms with Crippen molar-refractivity contribution in [3.63, 3.8) is 0 Å². The maximum absolute atomic E-state index is 11.0. The summed E-state index contributed by atoms with van der Waals surface area (Å²) in [5, 5.41) is 32.6. The van der Waals surface area contributed by atoms with Crippen molar-refractivity contribution in [1.29, 1.82) is 0 Å². The first-order valence-corrected chi connectivity index (χ1v) is 6.46. The number of anilines is 1. The molecule has 0 aromatic heterocycles. The molecule has 0 saturated carbocycles. The fraction of sp³-hybridized carbons (Fsp3) is 0.462. The van der Waals surface area contributed by atoms with Gasteiger partial charge in [0.05, 0.1) is 17.1 Å². The second kappa shape index (κ2) is 6.06. The van der Waals surface area contributed by atoms with Gasteiger partial charge in [0.15, 0.2) is 0 Å². The number of rotatable bonds is 5. The summed E-state index contributed by atoms with van der Waals surface area (Å²) in [5.74, 6) is -1.35. The standard InChI is InChI=1S/C13H16N2O6/c16-8-13(3-5-21-6-4-13)14-9-1-2-10(12(17)18)11(7-9)15(19)20/h1-2,7,14,16H,3-6,8H2,(H,17,18). The molecule has 0 radical (unpaired) electrons. The third-order valence-electron chi connectivity index (χ3n) is 3.59. The van der Waals surface area contributed by atoms with Crippen molar-refractivity contribution in [2.75, 3.05) is 25.1 Å². The first-order chi connectivity index (χ1) is 9.97. The summed E-state index contributed by atoms with van der Waals surface area (Å²) < 4.78 is 5.24. The molecule has 1 saturated heterocycles. The van der Waals surface area contributed by atoms with Crippen molar-refractivity contribution < 1.29 is 24.7 Å². The van der Waals surface area contributed by atoms with Crippen molar-refractivity contribution >= 4 is 17.3 Å². The molecule has 1 aromatic rings. The van der Waals surface area contributed by atoms with Crippen molar-refractivity contribution in [2.45, 2.75) is 18.4 Å². The normalized spacial score (nSPS) is 17.2. The molecule has 0 unspecified atom stereocenters. The second-order valence-corrected chi connectivity index (χ2v) is 4.97. The quantitative estimate of drug-likeness (QED) is 0.552. The SMILES string of the molecule is O=C(O)c1ccc(NC2(CO)CCOCC2)cc1[N+](=O)[O-]. The topological polar surface area (TPSA) is 122 Å². The first kappa shape index (κ1) is 15.2. The van der Waals surface area contributed by atoms with E-state index in [1.165, 1.54) is 18.2 Å². The predicted molar refractivity (Wildman–Crippen MR) is 73.5 cm³/mol. The van der Waals surface area contributed by atoms with Crippen molar-refractivity contribution in [3.8, 4) is 0 Å². The molecule has 8 nitrogen and oxygen atoms in total. The summed E-state index contributed by atoms with van der Waals surface area (Å²) in [6, 6.07) is 3.83. The number of aliphatic hydroxyl groups is 1. The highest BCUT2D eigenvalue weighted by atomic mass is 16.6. The highest BCUT2D eigenvalue weighted by molar-refractivity contribution is 5.93. The van der Waals surface area contributed by atoms with Crippen molar-refractivity contribution in [1.82, 2.24) is 0 Å². The highest BCUT2D eigenvalue weighted by Gasteiger charge is 2.32. The summed E-state index contributed by atoms with van der Waals surface area (Å²) in [6.07, 6.45) is 1.13. The number of benzene rings is 1. The summed E-state index contributed by atoms with van der Waals surface area (Å²) >= 11 is 0. The molecule has 0 amide bonds. The Kier molecular flexibility index (Phi) is 4.39. The number of ether oxygens (including phenoxy) is 1. The van der Waals surface area contributed by atoms with Gasteiger partial charge in [-0.1, -0.05) is 0 Å². The first-order valence-electron chi connectivity index (χ1n) is 6.46. The molecule has 1 aromatic carbocycles. The Balaban J connectivity index is 2.30. The minimum atomic E-state index is -1.35. The smallest absolute Gasteiger partial charge is 0.342 e. The Bertz CT molecular complexity index is 554. The van der Waals surface area contributed by atoms with Gasteiger partial charge in [-0.25, -0.2) is 4.79 Å². The zero-order valence-corrected chi connectivity index (χ0v) is 11.2. The fourth-order valence-corrected chi connectivity index (χ4v) is 2.33. The molecule has 0 aliphatic carbocycles. The molecule has 0 bridgehead atoms. The van der Waals surface area contributed by atoms with Crippen LogP contribution in [0.5, 0.6) is 0 Å². The van der Waals surface area contributed by atoms with Crippen LogP contribution < -0.4 is 5.32 Å². The molecular weight excluding hydrogens is 280 g/mol. The van der Waals surface area contributed by atoms with Crippen LogP contribution in [0.1, 0.15) is 23.2 Å². The number of carboxylic acid groups (broad SMARTS) is 1. The Hall–Kier alpha value is -2.19. The maximum atomic E-state index is 11.0. The summed E-state index contributed by atoms with van der Waals surface area (Å²) in [6.45, 7) is 0.844. The predicted octanol–water partition coefficient (Wildman–Crippen LogP) is 1.25. The van der Waals surface area contributed by atoms with Crippen molar-refractivity contribution in [3.05, 3.63) is 33.9 Å². The molecule has 1 aliphatic rings. The average Bonchev–Trinajstić information content (AvgIpc) is 2.47. The van der Waals surface area contributed by atoms with E-state index in [4.69, 9.17) is 9.84 Å². The largest absolute Gasteiger partial charge is 0.477 e. The molecule has 2 rings (SSSR count). The van der Waals surface area contributed by atoms with Crippen LogP contribution in [0.3, 0.4) is 0 Å². The van der Waals surface area contributed by atoms with Gasteiger partial charge in [-0.05, 0) is 25.0 Å². The number of carboxylic acids is 1. The van der Waals surface area contributed by atoms with E-state index in [0.717, 1.165) is 0 Å². The number of nitro groups is 1. The third kappa shape index (κ3) is 3.29. The van der Waals surface area contributed by atoms with E-state index in [0.29, 0.717) is 31.7 Å². The second-order valence-electron chi connectivity index (χ2n) is 4.97. The van der Waals surface area contributed by atoms with Crippen molar-refractivity contribution in [2.24, 2.45) is 0 Å². The van der Waals surface area contributed by atoms with Crippen LogP contribution in [-0.2, 0) is 4.74 Å². The van der Waals surface area contributed by atoms with Crippen LogP contribution in [0.2, 0.25) is 0 Å². The summed E-state index contributed by atoms with van der Waals surface area (Å²) in [7, 11) is 0. The van der Waals surface area contributed by atoms with E-state index in [1.54, 1.807) is 0 Å². The summed E-state index contributed by atoms with van der Waals surface area (Å²) in [5.41, 5.74) is -1.04. The number of hydrogen-bond acceptors (Lipinski definition) is 6. The fourth-order valence-electron chi connectivity index (χ4n) is 2.33. The van der Waals surface area contributed by atoms with Gasteiger partial charge >= 0.3 is 5.97 Å². The Labute approximate surface area is 120 Å². The van der Waals surface area contributed by atoms with Crippen LogP contribution in [0.4, 0.5) is 11.4 Å². The van der Waals surface area contributed by atoms with Crippen LogP contribution >= 0.6 is 0 Å². The molecule has 21 heavy (non-hydrogen) atoms. The molecule has 1 heterocycles. The Morgan fingerprint density at radius 3 is 2.62 bits per heavy atom. The van der Waals surface area contributed by atoms with E-state index in [1.807, 2.05) is 0 Å². The molecule has 114 valence electrons. The molecular formula is C13H16N2O6. The Morgan fingerprint density at radius 2 is 2.10 bits per heavy atom. The van der Waals surface area contributed by atoms with E-state index in [2.05, 4.69) is 5.32 Å². The van der Waals surface area contributed by atoms with Gasteiger partial charge in [0.25, 0.3) is 5.69 Å². The van der Waals surface area contributed by atoms with Gasteiger partial charge in [-0.15, -0.1) is 0 Å². The number of nitro benzene ring substituents is 1. The number of aliphatic hydroxyl groups excluding tert-OH is 1. The number of nitrogens with one attached hydrogen (secondary N) is 1. The molecule has 1 aliphatic heterocycles. The van der Waals surface area contributed by atoms with Crippen LogP contribution in [0.15, 0.2) is 18.2 Å². The van der Waals surface area contributed by atoms with Gasteiger partial charge in [-0.2, -0.15) is 0 Å². The van der Waals surface area contributed by atoms with Crippen LogP contribution in [-0.4, -0.2) is 46.5 Å². The van der Waals surface area contributed by atoms with E-state index in [-0.39, 0.29) is 12.2 Å². The lowest BCUT2D eigenvalue weighted by Crippen LogP contribution is -2.46. The maximum Gasteiger partial charge on any atom is 0.342 e. The highest BCUT2D eigenvalue weighted by Crippen LogP contribution is 2.29. The molecule has 0 spiro atoms. The van der Waals surface area contributed by atoms with Gasteiger partial charge in [0.1, 0.15) is 5.56 Å². The average molecular weight is 296 g/mol. The molecule has 8 heteroatoms. The number of nitrogens with zero attached hydrogens (tertiary/aromatic N) is 1. The zero-order valence-electron chi connectivity index (χ0n) is 11.2. The number of aromatic carboxylic acids is 1. The lowest BCUT2D eigenvalue weighted by atomic mass is 9.90. The minimum Gasteiger partial charge on any atom is -0.477 e. The summed E-state index contributed by atoms with van der Waals surface area (Å²) in [4.78, 5) is 21.2. The van der Waals surface area contributed by atoms with Crippen LogP contribution in [0, 0.1) is 10.1 Å². The lowest BCUT2D eigenvalue weighted by molar-refractivity contribution is -0.385. The van der Waals surface area contributed by atoms with E-state index in [9.17, 15) is 20.0 Å². The Morgan fingerprint density at radius 1 is 1.43 bits per heavy atom.